The molecule has 0 aromatic heterocycles. The molecular formula is C21H34IN5O. The number of amides is 1. The minimum absolute atomic E-state index is 0. The summed E-state index contributed by atoms with van der Waals surface area (Å²) in [5, 5.41) is 6.78. The number of halogens is 1. The number of hydrogen-bond acceptors (Lipinski definition) is 3. The smallest absolute Gasteiger partial charge is 0.243 e. The average Bonchev–Trinajstić information content (AvgIpc) is 2.64. The molecule has 2 rings (SSSR count). The van der Waals surface area contributed by atoms with Crippen molar-refractivity contribution in [3.05, 3.63) is 42.0 Å². The van der Waals surface area contributed by atoms with Gasteiger partial charge in [0.1, 0.15) is 6.54 Å². The minimum Gasteiger partial charge on any atom is -0.369 e. The molecule has 1 aromatic rings. The van der Waals surface area contributed by atoms with Gasteiger partial charge in [0.25, 0.3) is 0 Å². The Kier molecular flexibility index (Phi) is 10.3. The molecule has 0 bridgehead atoms. The molecule has 156 valence electrons. The summed E-state index contributed by atoms with van der Waals surface area (Å²) in [5.74, 6) is 0.653. The Bertz CT molecular complexity index is 672. The number of carbonyl (C=O) groups is 1. The number of anilines is 1. The van der Waals surface area contributed by atoms with Gasteiger partial charge in [-0.2, -0.15) is 0 Å². The maximum Gasteiger partial charge on any atom is 0.243 e. The third kappa shape index (κ3) is 8.08. The Hall–Kier alpha value is -1.77. The third-order valence-electron chi connectivity index (χ3n) is 4.59. The summed E-state index contributed by atoms with van der Waals surface area (Å²) < 4.78 is 0. The van der Waals surface area contributed by atoms with E-state index in [9.17, 15) is 4.79 Å². The van der Waals surface area contributed by atoms with Crippen LogP contribution in [0.3, 0.4) is 0 Å². The summed E-state index contributed by atoms with van der Waals surface area (Å²) >= 11 is 0. The molecule has 1 amide bonds. The fourth-order valence-corrected chi connectivity index (χ4v) is 2.95. The van der Waals surface area contributed by atoms with E-state index in [1.165, 1.54) is 11.3 Å². The molecule has 1 aliphatic heterocycles. The summed E-state index contributed by atoms with van der Waals surface area (Å²) in [4.78, 5) is 20.3. The predicted molar refractivity (Wildman–Crippen MR) is 129 cm³/mol. The van der Waals surface area contributed by atoms with Crippen molar-refractivity contribution in [2.45, 2.75) is 32.7 Å². The number of nitrogens with one attached hydrogen (secondary N) is 2. The standard InChI is InChI=1S/C21H33N5O.HI/c1-16(2)13-22-21(23-14-20(27)25(4)5)24-18-7-6-12-26(15-18)19-10-8-17(3)9-11-19;/h8-11,18H,1,6-7,12-15H2,2-5H3,(H2,22,23,24);1H. The molecule has 6 nitrogen and oxygen atoms in total. The summed E-state index contributed by atoms with van der Waals surface area (Å²) in [6, 6.07) is 8.95. The van der Waals surface area contributed by atoms with E-state index in [1.54, 1.807) is 19.0 Å². The lowest BCUT2D eigenvalue weighted by Crippen LogP contribution is -2.51. The Morgan fingerprint density at radius 1 is 1.32 bits per heavy atom. The third-order valence-corrected chi connectivity index (χ3v) is 4.59. The molecule has 7 heteroatoms. The van der Waals surface area contributed by atoms with Crippen molar-refractivity contribution in [1.82, 2.24) is 15.5 Å². The van der Waals surface area contributed by atoms with Gasteiger partial charge in [-0.05, 0) is 38.8 Å². The van der Waals surface area contributed by atoms with Gasteiger partial charge in [-0.3, -0.25) is 4.79 Å². The molecular weight excluding hydrogens is 465 g/mol. The van der Waals surface area contributed by atoms with Crippen LogP contribution in [0.1, 0.15) is 25.3 Å². The van der Waals surface area contributed by atoms with Gasteiger partial charge in [0.15, 0.2) is 5.96 Å². The molecule has 1 heterocycles. The molecule has 1 saturated heterocycles. The average molecular weight is 499 g/mol. The highest BCUT2D eigenvalue weighted by molar-refractivity contribution is 14.0. The lowest BCUT2D eigenvalue weighted by atomic mass is 10.0. The monoisotopic (exact) mass is 499 g/mol. The molecule has 0 aliphatic carbocycles. The van der Waals surface area contributed by atoms with E-state index in [1.807, 2.05) is 6.92 Å². The van der Waals surface area contributed by atoms with Crippen molar-refractivity contribution < 1.29 is 4.79 Å². The zero-order valence-corrected chi connectivity index (χ0v) is 19.8. The Balaban J connectivity index is 0.00000392. The van der Waals surface area contributed by atoms with Crippen molar-refractivity contribution in [1.29, 1.82) is 0 Å². The van der Waals surface area contributed by atoms with E-state index < -0.39 is 0 Å². The molecule has 2 N–H and O–H groups in total. The summed E-state index contributed by atoms with van der Waals surface area (Å²) in [6.07, 6.45) is 2.20. The summed E-state index contributed by atoms with van der Waals surface area (Å²) in [7, 11) is 3.49. The first kappa shape index (κ1) is 24.3. The fourth-order valence-electron chi connectivity index (χ4n) is 2.95. The maximum atomic E-state index is 11.9. The molecule has 0 saturated carbocycles. The fraction of sp³-hybridized carbons (Fsp3) is 0.524. The first-order valence-corrected chi connectivity index (χ1v) is 9.56. The largest absolute Gasteiger partial charge is 0.369 e. The minimum atomic E-state index is -0.0173. The van der Waals surface area contributed by atoms with Crippen LogP contribution >= 0.6 is 24.0 Å². The van der Waals surface area contributed by atoms with Gasteiger partial charge in [0.05, 0.1) is 0 Å². The maximum absolute atomic E-state index is 11.9. The van der Waals surface area contributed by atoms with Crippen molar-refractivity contribution in [2.24, 2.45) is 4.99 Å². The van der Waals surface area contributed by atoms with Crippen LogP contribution in [0.4, 0.5) is 5.69 Å². The molecule has 1 aromatic carbocycles. The van der Waals surface area contributed by atoms with E-state index in [0.717, 1.165) is 31.5 Å². The van der Waals surface area contributed by atoms with E-state index in [4.69, 9.17) is 0 Å². The van der Waals surface area contributed by atoms with Gasteiger partial charge < -0.3 is 20.4 Å². The Morgan fingerprint density at radius 2 is 2.00 bits per heavy atom. The zero-order valence-electron chi connectivity index (χ0n) is 17.5. The lowest BCUT2D eigenvalue weighted by molar-refractivity contribution is -0.127. The predicted octanol–water partition coefficient (Wildman–Crippen LogP) is 2.78. The van der Waals surface area contributed by atoms with E-state index in [-0.39, 0.29) is 42.5 Å². The molecule has 0 radical (unpaired) electrons. The summed E-state index contributed by atoms with van der Waals surface area (Å²) in [6.45, 7) is 10.7. The van der Waals surface area contributed by atoms with Gasteiger partial charge in [-0.15, -0.1) is 24.0 Å². The van der Waals surface area contributed by atoms with E-state index in [2.05, 4.69) is 58.3 Å². The normalized spacial score (nSPS) is 16.8. The highest BCUT2D eigenvalue weighted by Crippen LogP contribution is 2.20. The highest BCUT2D eigenvalue weighted by atomic mass is 127. The molecule has 1 fully saturated rings. The molecule has 0 spiro atoms. The van der Waals surface area contributed by atoms with Crippen molar-refractivity contribution in [2.75, 3.05) is 45.2 Å². The van der Waals surface area contributed by atoms with Crippen LogP contribution in [-0.2, 0) is 4.79 Å². The number of rotatable bonds is 6. The zero-order chi connectivity index (χ0) is 19.8. The van der Waals surface area contributed by atoms with Crippen molar-refractivity contribution >= 4 is 41.5 Å². The van der Waals surface area contributed by atoms with Gasteiger partial charge >= 0.3 is 0 Å². The van der Waals surface area contributed by atoms with Crippen LogP contribution in [0.15, 0.2) is 41.4 Å². The Morgan fingerprint density at radius 3 is 2.61 bits per heavy atom. The lowest BCUT2D eigenvalue weighted by Gasteiger charge is -2.35. The number of nitrogens with zero attached hydrogens (tertiary/aromatic N) is 3. The number of benzene rings is 1. The number of guanidine groups is 1. The Labute approximate surface area is 186 Å². The van der Waals surface area contributed by atoms with Crippen LogP contribution in [0.5, 0.6) is 0 Å². The van der Waals surface area contributed by atoms with Crippen LogP contribution in [-0.4, -0.2) is 63.1 Å². The number of piperidine rings is 1. The van der Waals surface area contributed by atoms with Gasteiger partial charge in [-0.1, -0.05) is 29.8 Å². The molecule has 1 unspecified atom stereocenters. The second-order valence-electron chi connectivity index (χ2n) is 7.53. The highest BCUT2D eigenvalue weighted by Gasteiger charge is 2.21. The van der Waals surface area contributed by atoms with E-state index >= 15 is 0 Å². The van der Waals surface area contributed by atoms with Gasteiger partial charge in [0, 0.05) is 45.5 Å². The van der Waals surface area contributed by atoms with Gasteiger partial charge in [-0.25, -0.2) is 4.99 Å². The first-order chi connectivity index (χ1) is 12.8. The quantitative estimate of drug-likeness (QED) is 0.274. The van der Waals surface area contributed by atoms with Crippen molar-refractivity contribution in [3.63, 3.8) is 0 Å². The number of aliphatic imine (C=N–C) groups is 1. The number of likely N-dealkylation sites (N-methyl/N-ethyl adjacent to an activating group) is 1. The molecule has 28 heavy (non-hydrogen) atoms. The molecule has 1 aliphatic rings. The topological polar surface area (TPSA) is 60.0 Å². The van der Waals surface area contributed by atoms with E-state index in [0.29, 0.717) is 12.5 Å². The summed E-state index contributed by atoms with van der Waals surface area (Å²) in [5.41, 5.74) is 3.55. The number of hydrogen-bond donors (Lipinski definition) is 2. The first-order valence-electron chi connectivity index (χ1n) is 9.56. The van der Waals surface area contributed by atoms with Crippen LogP contribution in [0.25, 0.3) is 0 Å². The van der Waals surface area contributed by atoms with Crippen LogP contribution in [0.2, 0.25) is 0 Å². The van der Waals surface area contributed by atoms with Gasteiger partial charge in [0.2, 0.25) is 5.91 Å². The molecule has 1 atom stereocenters. The van der Waals surface area contributed by atoms with Crippen LogP contribution < -0.4 is 15.5 Å². The second-order valence-corrected chi connectivity index (χ2v) is 7.53. The van der Waals surface area contributed by atoms with Crippen LogP contribution in [0, 0.1) is 6.92 Å². The SMILES string of the molecule is C=C(C)CNC(=NCC(=O)N(C)C)NC1CCCN(c2ccc(C)cc2)C1.I. The number of aryl methyl sites for hydroxylation is 1. The number of carbonyl (C=O) groups excluding carboxylic acids is 1. The second kappa shape index (κ2) is 11.9. The van der Waals surface area contributed by atoms with Crippen molar-refractivity contribution in [3.8, 4) is 0 Å².